The van der Waals surface area contributed by atoms with E-state index in [4.69, 9.17) is 5.11 Å². The number of aliphatic hydroxyl groups excluding tert-OH is 1. The van der Waals surface area contributed by atoms with Crippen molar-refractivity contribution >= 4 is 49.1 Å². The van der Waals surface area contributed by atoms with E-state index in [9.17, 15) is 4.79 Å². The minimum Gasteiger partial charge on any atom is -0.512 e. The summed E-state index contributed by atoms with van der Waals surface area (Å²) >= 11 is 1.73. The summed E-state index contributed by atoms with van der Waals surface area (Å²) < 4.78 is 3.34. The molecule has 0 saturated carbocycles. The van der Waals surface area contributed by atoms with Crippen molar-refractivity contribution in [1.82, 2.24) is 14.5 Å². The molecule has 0 aliphatic rings. The van der Waals surface area contributed by atoms with E-state index in [-0.39, 0.29) is 31.6 Å². The summed E-state index contributed by atoms with van der Waals surface area (Å²) in [5.41, 5.74) is 6.53. The molecule has 1 radical (unpaired) electrons. The molecule has 0 spiro atoms. The van der Waals surface area contributed by atoms with E-state index in [1.165, 1.54) is 52.2 Å². The van der Waals surface area contributed by atoms with Crippen LogP contribution in [0.3, 0.4) is 0 Å². The predicted octanol–water partition coefficient (Wildman–Crippen LogP) is 7.51. The van der Waals surface area contributed by atoms with Crippen LogP contribution in [0.15, 0.2) is 91.0 Å². The summed E-state index contributed by atoms with van der Waals surface area (Å²) in [4.78, 5) is 20.4. The Labute approximate surface area is 232 Å². The second kappa shape index (κ2) is 11.2. The van der Waals surface area contributed by atoms with Crippen molar-refractivity contribution in [3.63, 3.8) is 0 Å². The molecule has 187 valence electrons. The Hall–Kier alpha value is -3.64. The van der Waals surface area contributed by atoms with Gasteiger partial charge in [0, 0.05) is 54.0 Å². The largest absolute Gasteiger partial charge is 0.512 e. The van der Waals surface area contributed by atoms with Gasteiger partial charge < -0.3 is 9.67 Å². The number of aliphatic hydroxyl groups is 1. The smallest absolute Gasteiger partial charge is 0.155 e. The van der Waals surface area contributed by atoms with Gasteiger partial charge in [-0.25, -0.2) is 4.98 Å². The van der Waals surface area contributed by atoms with Gasteiger partial charge in [-0.3, -0.25) is 9.78 Å². The summed E-state index contributed by atoms with van der Waals surface area (Å²) in [7, 11) is 2.11. The minimum absolute atomic E-state index is 0. The molecule has 0 saturated heterocycles. The Bertz CT molecular complexity index is 1750. The second-order valence-corrected chi connectivity index (χ2v) is 9.58. The molecule has 0 amide bonds. The molecule has 3 aromatic heterocycles. The molecule has 6 rings (SSSR count). The maximum Gasteiger partial charge on any atom is 0.155 e. The molecule has 0 atom stereocenters. The standard InChI is InChI=1S/C25H16N3S.C5H8O2.Ir/c1-28-21-10-6-5-9-18(21)19-12-11-17(13-22(19)28)24-25-20(26-15-27-24)14-23(29-25)16-7-3-2-4-8-16;1-4(6)3-5(2)7;/h2-10,12-15H,1H3;3,6H,1-2H3;/q-1;;/b;4-3-;. The molecule has 0 aliphatic heterocycles. The van der Waals surface area contributed by atoms with Crippen molar-refractivity contribution in [3.8, 4) is 21.7 Å². The van der Waals surface area contributed by atoms with Crippen LogP contribution >= 0.6 is 11.3 Å². The maximum atomic E-state index is 10.0. The number of nitrogens with zero attached hydrogens (tertiary/aromatic N) is 3. The number of hydrogen-bond acceptors (Lipinski definition) is 5. The minimum atomic E-state index is -0.125. The van der Waals surface area contributed by atoms with Crippen LogP contribution < -0.4 is 0 Å². The number of hydrogen-bond donors (Lipinski definition) is 1. The molecule has 6 aromatic rings. The average molecular weight is 683 g/mol. The molecule has 0 bridgehead atoms. The maximum absolute atomic E-state index is 10.0. The number of para-hydroxylation sites is 1. The number of rotatable bonds is 3. The van der Waals surface area contributed by atoms with E-state index in [2.05, 4.69) is 94.4 Å². The molecule has 37 heavy (non-hydrogen) atoms. The van der Waals surface area contributed by atoms with Gasteiger partial charge in [0.15, 0.2) is 5.78 Å². The molecule has 5 nitrogen and oxygen atoms in total. The fraction of sp³-hybridized carbons (Fsp3) is 0.100. The zero-order chi connectivity index (χ0) is 25.2. The first-order chi connectivity index (χ1) is 17.4. The number of aryl methyl sites for hydroxylation is 1. The van der Waals surface area contributed by atoms with Gasteiger partial charge in [-0.1, -0.05) is 53.9 Å². The van der Waals surface area contributed by atoms with Crippen molar-refractivity contribution in [2.24, 2.45) is 7.05 Å². The molecule has 0 fully saturated rings. The Balaban J connectivity index is 0.000000356. The Morgan fingerprint density at radius 3 is 2.41 bits per heavy atom. The first-order valence-electron chi connectivity index (χ1n) is 11.5. The Morgan fingerprint density at radius 2 is 1.70 bits per heavy atom. The van der Waals surface area contributed by atoms with Gasteiger partial charge in [0.2, 0.25) is 0 Å². The van der Waals surface area contributed by atoms with E-state index in [1.54, 1.807) is 17.7 Å². The van der Waals surface area contributed by atoms with Crippen LogP contribution in [0, 0.1) is 6.07 Å². The fourth-order valence-corrected chi connectivity index (χ4v) is 5.44. The zero-order valence-corrected chi connectivity index (χ0v) is 23.7. The number of allylic oxidation sites excluding steroid dienone is 2. The molecule has 3 aromatic carbocycles. The van der Waals surface area contributed by atoms with Gasteiger partial charge in [-0.2, -0.15) is 0 Å². The van der Waals surface area contributed by atoms with Crippen molar-refractivity contribution in [2.45, 2.75) is 13.8 Å². The van der Waals surface area contributed by atoms with E-state index in [1.807, 2.05) is 6.07 Å². The van der Waals surface area contributed by atoms with Crippen LogP contribution in [-0.2, 0) is 31.9 Å². The summed E-state index contributed by atoms with van der Waals surface area (Å²) in [5.74, 6) is -0.0625. The van der Waals surface area contributed by atoms with Crippen LogP contribution in [0.2, 0.25) is 0 Å². The SMILES string of the molecule is CC(=O)/C=C(/C)O.Cn1c2ccccc2c2c[c-]c(-c3ncnc4cc(-c5ccccc5)sc34)cc21.[Ir]. The van der Waals surface area contributed by atoms with Gasteiger partial charge in [-0.05, 0) is 42.4 Å². The van der Waals surface area contributed by atoms with Gasteiger partial charge >= 0.3 is 0 Å². The first kappa shape index (κ1) is 26.4. The third kappa shape index (κ3) is 5.39. The van der Waals surface area contributed by atoms with Crippen molar-refractivity contribution in [1.29, 1.82) is 0 Å². The van der Waals surface area contributed by atoms with Crippen LogP contribution in [-0.4, -0.2) is 25.4 Å². The van der Waals surface area contributed by atoms with Crippen LogP contribution in [0.4, 0.5) is 0 Å². The molecular weight excluding hydrogens is 659 g/mol. The van der Waals surface area contributed by atoms with E-state index in [0.717, 1.165) is 21.5 Å². The van der Waals surface area contributed by atoms with Gasteiger partial charge in [-0.15, -0.1) is 35.1 Å². The first-order valence-corrected chi connectivity index (χ1v) is 12.3. The summed E-state index contributed by atoms with van der Waals surface area (Å²) in [6.07, 6.45) is 2.82. The number of benzene rings is 3. The van der Waals surface area contributed by atoms with Crippen LogP contribution in [0.5, 0.6) is 0 Å². The Morgan fingerprint density at radius 1 is 0.973 bits per heavy atom. The second-order valence-electron chi connectivity index (χ2n) is 8.53. The zero-order valence-electron chi connectivity index (χ0n) is 20.5. The topological polar surface area (TPSA) is 68.0 Å². The van der Waals surface area contributed by atoms with Gasteiger partial charge in [0.05, 0.1) is 11.3 Å². The fourth-order valence-electron chi connectivity index (χ4n) is 4.32. The number of aromatic nitrogens is 3. The van der Waals surface area contributed by atoms with Crippen molar-refractivity contribution in [3.05, 3.63) is 97.0 Å². The number of carbonyl (C=O) groups excluding carboxylic acids is 1. The molecule has 0 unspecified atom stereocenters. The molecule has 3 heterocycles. The number of carbonyl (C=O) groups is 1. The quantitative estimate of drug-likeness (QED) is 0.119. The van der Waals surface area contributed by atoms with E-state index < -0.39 is 0 Å². The number of thiophene rings is 1. The van der Waals surface area contributed by atoms with Gasteiger partial charge in [0.25, 0.3) is 0 Å². The molecular formula is C30H24IrN3O2S-. The molecule has 1 N–H and O–H groups in total. The number of fused-ring (bicyclic) bond motifs is 4. The van der Waals surface area contributed by atoms with Crippen molar-refractivity contribution < 1.29 is 30.0 Å². The summed E-state index contributed by atoms with van der Waals surface area (Å²) in [6, 6.07) is 28.8. The summed E-state index contributed by atoms with van der Waals surface area (Å²) in [5, 5.41) is 10.8. The van der Waals surface area contributed by atoms with E-state index >= 15 is 0 Å². The van der Waals surface area contributed by atoms with E-state index in [0.29, 0.717) is 0 Å². The third-order valence-electron chi connectivity index (χ3n) is 5.88. The molecule has 7 heteroatoms. The van der Waals surface area contributed by atoms with Crippen LogP contribution in [0.25, 0.3) is 53.7 Å². The normalized spacial score (nSPS) is 11.3. The van der Waals surface area contributed by atoms with Gasteiger partial charge in [0.1, 0.15) is 6.33 Å². The predicted molar refractivity (Wildman–Crippen MR) is 148 cm³/mol. The third-order valence-corrected chi connectivity index (χ3v) is 7.06. The average Bonchev–Trinajstić information content (AvgIpc) is 3.44. The van der Waals surface area contributed by atoms with Crippen molar-refractivity contribution in [2.75, 3.05) is 0 Å². The summed E-state index contributed by atoms with van der Waals surface area (Å²) in [6.45, 7) is 2.85. The monoisotopic (exact) mass is 683 g/mol. The molecule has 0 aliphatic carbocycles. The van der Waals surface area contributed by atoms with Crippen LogP contribution in [0.1, 0.15) is 13.8 Å². The Kier molecular flexibility index (Phi) is 7.98. The number of ketones is 1.